The Morgan fingerprint density at radius 3 is 2.79 bits per heavy atom. The van der Waals surface area contributed by atoms with E-state index in [1.807, 2.05) is 0 Å². The molecule has 2 rings (SSSR count). The molecule has 0 atom stereocenters. The van der Waals surface area contributed by atoms with Gasteiger partial charge in [0.2, 0.25) is 0 Å². The third-order valence-electron chi connectivity index (χ3n) is 3.87. The largest absolute Gasteiger partial charge is 0.383 e. The standard InChI is InChI=1S/C15H27N3O/c1-15(2,12-19-3)16-11-13-9-10-18(17-13)14-7-5-4-6-8-14/h9-10,14,16H,4-8,11-12H2,1-3H3. The summed E-state index contributed by atoms with van der Waals surface area (Å²) in [6.07, 6.45) is 8.78. The summed E-state index contributed by atoms with van der Waals surface area (Å²) in [5.41, 5.74) is 1.11. The number of hydrogen-bond acceptors (Lipinski definition) is 3. The first-order valence-corrected chi connectivity index (χ1v) is 7.39. The van der Waals surface area contributed by atoms with Crippen LogP contribution in [0.5, 0.6) is 0 Å². The highest BCUT2D eigenvalue weighted by Crippen LogP contribution is 2.27. The number of hydrogen-bond donors (Lipinski definition) is 1. The maximum atomic E-state index is 5.21. The van der Waals surface area contributed by atoms with Crippen LogP contribution in [0.3, 0.4) is 0 Å². The smallest absolute Gasteiger partial charge is 0.0762 e. The van der Waals surface area contributed by atoms with Gasteiger partial charge in [0.15, 0.2) is 0 Å². The van der Waals surface area contributed by atoms with E-state index in [1.54, 1.807) is 7.11 Å². The van der Waals surface area contributed by atoms with Crippen LogP contribution in [0, 0.1) is 0 Å². The monoisotopic (exact) mass is 265 g/mol. The normalized spacial score (nSPS) is 17.8. The van der Waals surface area contributed by atoms with Gasteiger partial charge in [-0.25, -0.2) is 0 Å². The molecule has 1 saturated carbocycles. The molecule has 0 aromatic carbocycles. The maximum Gasteiger partial charge on any atom is 0.0762 e. The molecule has 0 bridgehead atoms. The van der Waals surface area contributed by atoms with Crippen molar-refractivity contribution in [2.24, 2.45) is 0 Å². The zero-order valence-electron chi connectivity index (χ0n) is 12.5. The lowest BCUT2D eigenvalue weighted by Gasteiger charge is -2.25. The van der Waals surface area contributed by atoms with Gasteiger partial charge in [0, 0.05) is 25.4 Å². The van der Waals surface area contributed by atoms with Crippen molar-refractivity contribution >= 4 is 0 Å². The summed E-state index contributed by atoms with van der Waals surface area (Å²) >= 11 is 0. The van der Waals surface area contributed by atoms with Crippen LogP contribution in [0.15, 0.2) is 12.3 Å². The van der Waals surface area contributed by atoms with E-state index < -0.39 is 0 Å². The van der Waals surface area contributed by atoms with Gasteiger partial charge >= 0.3 is 0 Å². The molecule has 4 nitrogen and oxygen atoms in total. The SMILES string of the molecule is COCC(C)(C)NCc1ccn(C2CCCCC2)n1. The van der Waals surface area contributed by atoms with Crippen molar-refractivity contribution in [2.45, 2.75) is 64.1 Å². The first-order valence-electron chi connectivity index (χ1n) is 7.39. The van der Waals surface area contributed by atoms with Crippen molar-refractivity contribution in [3.63, 3.8) is 0 Å². The van der Waals surface area contributed by atoms with E-state index in [2.05, 4.69) is 36.1 Å². The molecule has 1 N–H and O–H groups in total. The summed E-state index contributed by atoms with van der Waals surface area (Å²) in [5.74, 6) is 0. The highest BCUT2D eigenvalue weighted by molar-refractivity contribution is 5.00. The fourth-order valence-electron chi connectivity index (χ4n) is 2.76. The van der Waals surface area contributed by atoms with Gasteiger partial charge in [0.05, 0.1) is 18.3 Å². The van der Waals surface area contributed by atoms with E-state index in [0.29, 0.717) is 12.6 Å². The van der Waals surface area contributed by atoms with E-state index in [9.17, 15) is 0 Å². The van der Waals surface area contributed by atoms with Crippen LogP contribution in [0.2, 0.25) is 0 Å². The number of nitrogens with zero attached hydrogens (tertiary/aromatic N) is 2. The minimum absolute atomic E-state index is 0.0105. The second-order valence-corrected chi connectivity index (χ2v) is 6.25. The second kappa shape index (κ2) is 6.53. The lowest BCUT2D eigenvalue weighted by molar-refractivity contribution is 0.127. The number of ether oxygens (including phenoxy) is 1. The molecule has 108 valence electrons. The van der Waals surface area contributed by atoms with Crippen molar-refractivity contribution in [3.8, 4) is 0 Å². The predicted octanol–water partition coefficient (Wildman–Crippen LogP) is 2.90. The fraction of sp³-hybridized carbons (Fsp3) is 0.800. The van der Waals surface area contributed by atoms with E-state index in [1.165, 1.54) is 32.1 Å². The summed E-state index contributed by atoms with van der Waals surface area (Å²) in [6.45, 7) is 5.80. The van der Waals surface area contributed by atoms with Crippen molar-refractivity contribution in [2.75, 3.05) is 13.7 Å². The summed E-state index contributed by atoms with van der Waals surface area (Å²) < 4.78 is 7.37. The maximum absolute atomic E-state index is 5.21. The van der Waals surface area contributed by atoms with Gasteiger partial charge in [-0.2, -0.15) is 5.10 Å². The molecule has 1 aromatic rings. The van der Waals surface area contributed by atoms with Crippen LogP contribution >= 0.6 is 0 Å². The lowest BCUT2D eigenvalue weighted by atomic mass is 9.96. The number of rotatable bonds is 6. The first-order chi connectivity index (χ1) is 9.11. The van der Waals surface area contributed by atoms with Crippen LogP contribution in [0.25, 0.3) is 0 Å². The van der Waals surface area contributed by atoms with Gasteiger partial charge in [0.1, 0.15) is 0 Å². The highest BCUT2D eigenvalue weighted by atomic mass is 16.5. The van der Waals surface area contributed by atoms with Gasteiger partial charge in [-0.1, -0.05) is 19.3 Å². The van der Waals surface area contributed by atoms with Crippen molar-refractivity contribution in [1.82, 2.24) is 15.1 Å². The molecule has 4 heteroatoms. The van der Waals surface area contributed by atoms with E-state index in [-0.39, 0.29) is 5.54 Å². The topological polar surface area (TPSA) is 39.1 Å². The van der Waals surface area contributed by atoms with Crippen LogP contribution in [0.1, 0.15) is 57.7 Å². The summed E-state index contributed by atoms with van der Waals surface area (Å²) in [7, 11) is 1.74. The zero-order valence-corrected chi connectivity index (χ0v) is 12.5. The van der Waals surface area contributed by atoms with Crippen LogP contribution < -0.4 is 5.32 Å². The molecule has 1 aliphatic carbocycles. The molecule has 0 unspecified atom stereocenters. The Hall–Kier alpha value is -0.870. The summed E-state index contributed by atoms with van der Waals surface area (Å²) in [5, 5.41) is 8.20. The second-order valence-electron chi connectivity index (χ2n) is 6.25. The van der Waals surface area contributed by atoms with Crippen LogP contribution in [-0.4, -0.2) is 29.0 Å². The molecule has 1 aromatic heterocycles. The highest BCUT2D eigenvalue weighted by Gasteiger charge is 2.18. The van der Waals surface area contributed by atoms with Crippen LogP contribution in [-0.2, 0) is 11.3 Å². The summed E-state index contributed by atoms with van der Waals surface area (Å²) in [4.78, 5) is 0. The van der Waals surface area contributed by atoms with Crippen molar-refractivity contribution < 1.29 is 4.74 Å². The Kier molecular flexibility index (Phi) is 4.99. The molecule has 0 aliphatic heterocycles. The Morgan fingerprint density at radius 2 is 2.11 bits per heavy atom. The average Bonchev–Trinajstić information content (AvgIpc) is 2.86. The van der Waals surface area contributed by atoms with Gasteiger partial charge < -0.3 is 10.1 Å². The third kappa shape index (κ3) is 4.32. The Balaban J connectivity index is 1.86. The number of methoxy groups -OCH3 is 1. The molecule has 1 fully saturated rings. The van der Waals surface area contributed by atoms with Gasteiger partial charge in [0.25, 0.3) is 0 Å². The zero-order chi connectivity index (χ0) is 13.7. The number of aromatic nitrogens is 2. The van der Waals surface area contributed by atoms with Crippen molar-refractivity contribution in [1.29, 1.82) is 0 Å². The van der Waals surface area contributed by atoms with Crippen molar-refractivity contribution in [3.05, 3.63) is 18.0 Å². The third-order valence-corrected chi connectivity index (χ3v) is 3.87. The Labute approximate surface area is 116 Å². The predicted molar refractivity (Wildman–Crippen MR) is 77.1 cm³/mol. The Bertz CT molecular complexity index is 380. The van der Waals surface area contributed by atoms with E-state index >= 15 is 0 Å². The molecule has 0 radical (unpaired) electrons. The van der Waals surface area contributed by atoms with Gasteiger partial charge in [-0.3, -0.25) is 4.68 Å². The molecule has 1 heterocycles. The first kappa shape index (κ1) is 14.5. The Morgan fingerprint density at radius 1 is 1.37 bits per heavy atom. The minimum Gasteiger partial charge on any atom is -0.383 e. The van der Waals surface area contributed by atoms with E-state index in [4.69, 9.17) is 9.84 Å². The quantitative estimate of drug-likeness (QED) is 0.859. The van der Waals surface area contributed by atoms with Crippen LogP contribution in [0.4, 0.5) is 0 Å². The summed E-state index contributed by atoms with van der Waals surface area (Å²) in [6, 6.07) is 2.75. The van der Waals surface area contributed by atoms with Gasteiger partial charge in [-0.15, -0.1) is 0 Å². The average molecular weight is 265 g/mol. The number of nitrogens with one attached hydrogen (secondary N) is 1. The molecule has 0 spiro atoms. The molecular formula is C15H27N3O. The van der Waals surface area contributed by atoms with Gasteiger partial charge in [-0.05, 0) is 32.8 Å². The van der Waals surface area contributed by atoms with E-state index in [0.717, 1.165) is 12.2 Å². The lowest BCUT2D eigenvalue weighted by Crippen LogP contribution is -2.42. The fourth-order valence-corrected chi connectivity index (χ4v) is 2.76. The molecule has 19 heavy (non-hydrogen) atoms. The molecule has 0 saturated heterocycles. The molecular weight excluding hydrogens is 238 g/mol. The molecule has 0 amide bonds. The minimum atomic E-state index is -0.0105. The molecule has 1 aliphatic rings.